The van der Waals surface area contributed by atoms with Crippen molar-refractivity contribution in [3.05, 3.63) is 162 Å². The van der Waals surface area contributed by atoms with E-state index >= 15 is 0 Å². The molecule has 5 aromatic carbocycles. The molecule has 0 N–H and O–H groups in total. The Bertz CT molecular complexity index is 2950. The molecule has 0 aliphatic rings. The van der Waals surface area contributed by atoms with Gasteiger partial charge in [-0.3, -0.25) is 9.97 Å². The molecule has 0 fully saturated rings. The van der Waals surface area contributed by atoms with Crippen LogP contribution in [-0.2, 0) is 26.5 Å². The Balaban J connectivity index is 0.000000233. The zero-order valence-electron chi connectivity index (χ0n) is 37.6. The van der Waals surface area contributed by atoms with Crippen molar-refractivity contribution in [2.24, 2.45) is 5.92 Å². The second-order valence-electron chi connectivity index (χ2n) is 18.3. The second-order valence-corrected chi connectivity index (χ2v) is 28.9. The Labute approximate surface area is 383 Å². The Morgan fingerprint density at radius 3 is 2.06 bits per heavy atom. The molecule has 4 heterocycles. The van der Waals surface area contributed by atoms with Crippen LogP contribution in [0.1, 0.15) is 75.8 Å². The minimum Gasteiger partial charge on any atom is -0.499 e. The van der Waals surface area contributed by atoms with Crippen LogP contribution in [0.3, 0.4) is 0 Å². The van der Waals surface area contributed by atoms with E-state index in [2.05, 4.69) is 155 Å². The van der Waals surface area contributed by atoms with Crippen LogP contribution in [0.25, 0.3) is 72.6 Å². The van der Waals surface area contributed by atoms with E-state index in [1.54, 1.807) is 4.40 Å². The average Bonchev–Trinajstić information content (AvgIpc) is 3.82. The second kappa shape index (κ2) is 18.7. The summed E-state index contributed by atoms with van der Waals surface area (Å²) in [5.41, 5.74) is 16.1. The van der Waals surface area contributed by atoms with Gasteiger partial charge in [-0.15, -0.1) is 18.2 Å². The van der Waals surface area contributed by atoms with Gasteiger partial charge in [0.1, 0.15) is 5.58 Å². The van der Waals surface area contributed by atoms with Crippen molar-refractivity contribution in [2.75, 3.05) is 0 Å². The molecule has 0 bridgehead atoms. The standard InChI is InChI=1S/C37H32N3O.C18H24GeN.Ir/c1-22(2)29-20-26(25-12-7-6-8-13-25)21-30(23(3)4)35(29)40-32-17-10-9-16-31(32)39-37(40)28-15-11-14-27-34-33(41-36(27)28)19-18-24(5)38-34;1-14(2)11-16-12-18(15-9-7-6-8-10-15)20-13-17(16)19(3,4)5;/h6-14,16-23H,1-5H3;6-9,12-14H,11H2,1-5H3;/q2*-1;. The largest absolute Gasteiger partial charge is 0.499 e. The van der Waals surface area contributed by atoms with E-state index in [4.69, 9.17) is 19.4 Å². The molecule has 317 valence electrons. The van der Waals surface area contributed by atoms with Crippen molar-refractivity contribution < 1.29 is 24.5 Å². The maximum Gasteiger partial charge on any atom is 0.139 e. The summed E-state index contributed by atoms with van der Waals surface area (Å²) in [5, 5.41) is 0.976. The van der Waals surface area contributed by atoms with E-state index in [0.29, 0.717) is 17.8 Å². The third-order valence-electron chi connectivity index (χ3n) is 11.4. The van der Waals surface area contributed by atoms with Crippen molar-refractivity contribution in [1.82, 2.24) is 19.5 Å². The summed E-state index contributed by atoms with van der Waals surface area (Å²) in [6.45, 7) is 15.7. The van der Waals surface area contributed by atoms with E-state index < -0.39 is 13.3 Å². The van der Waals surface area contributed by atoms with Crippen molar-refractivity contribution in [3.63, 3.8) is 0 Å². The van der Waals surface area contributed by atoms with Gasteiger partial charge in [0.05, 0.1) is 28.0 Å². The third-order valence-corrected chi connectivity index (χ3v) is 15.7. The van der Waals surface area contributed by atoms with E-state index in [1.807, 2.05) is 55.5 Å². The van der Waals surface area contributed by atoms with Gasteiger partial charge in [0.15, 0.2) is 0 Å². The molecule has 4 aromatic heterocycles. The van der Waals surface area contributed by atoms with Crippen LogP contribution in [0, 0.1) is 25.0 Å². The summed E-state index contributed by atoms with van der Waals surface area (Å²) in [6, 6.07) is 48.9. The van der Waals surface area contributed by atoms with E-state index in [-0.39, 0.29) is 20.1 Å². The van der Waals surface area contributed by atoms with Gasteiger partial charge in [0.2, 0.25) is 0 Å². The van der Waals surface area contributed by atoms with E-state index in [0.717, 1.165) is 67.9 Å². The zero-order valence-corrected chi connectivity index (χ0v) is 42.1. The Morgan fingerprint density at radius 1 is 0.710 bits per heavy atom. The van der Waals surface area contributed by atoms with Crippen LogP contribution in [0.15, 0.2) is 132 Å². The van der Waals surface area contributed by atoms with Gasteiger partial charge >= 0.3 is 126 Å². The predicted molar refractivity (Wildman–Crippen MR) is 259 cm³/mol. The van der Waals surface area contributed by atoms with Crippen molar-refractivity contribution in [1.29, 1.82) is 0 Å². The number of fused-ring (bicyclic) bond motifs is 4. The van der Waals surface area contributed by atoms with Gasteiger partial charge in [-0.25, -0.2) is 0 Å². The molecule has 7 heteroatoms. The van der Waals surface area contributed by atoms with E-state index in [9.17, 15) is 0 Å². The molecule has 0 unspecified atom stereocenters. The molecule has 1 radical (unpaired) electrons. The summed E-state index contributed by atoms with van der Waals surface area (Å²) in [7, 11) is 0. The van der Waals surface area contributed by atoms with Gasteiger partial charge in [-0.1, -0.05) is 75.7 Å². The zero-order chi connectivity index (χ0) is 43.0. The average molecular weight is 1050 g/mol. The molecule has 0 saturated heterocycles. The molecule has 0 aliphatic heterocycles. The number of imidazole rings is 1. The molecule has 0 spiro atoms. The number of hydrogen-bond donors (Lipinski definition) is 0. The van der Waals surface area contributed by atoms with Gasteiger partial charge in [0.25, 0.3) is 0 Å². The maximum absolute atomic E-state index is 6.47. The summed E-state index contributed by atoms with van der Waals surface area (Å²) < 4.78 is 10.3. The van der Waals surface area contributed by atoms with Crippen molar-refractivity contribution in [2.45, 2.75) is 84.0 Å². The molecule has 9 aromatic rings. The van der Waals surface area contributed by atoms with E-state index in [1.165, 1.54) is 33.5 Å². The van der Waals surface area contributed by atoms with Gasteiger partial charge in [0, 0.05) is 31.5 Å². The molecule has 62 heavy (non-hydrogen) atoms. The first-order chi connectivity index (χ1) is 29.3. The molecule has 5 nitrogen and oxygen atoms in total. The van der Waals surface area contributed by atoms with Crippen LogP contribution in [0.4, 0.5) is 0 Å². The predicted octanol–water partition coefficient (Wildman–Crippen LogP) is 14.3. The molecule has 0 aliphatic carbocycles. The quantitative estimate of drug-likeness (QED) is 0.107. The number of furan rings is 1. The van der Waals surface area contributed by atoms with Crippen LogP contribution in [0.5, 0.6) is 0 Å². The number of aryl methyl sites for hydroxylation is 1. The number of benzene rings is 5. The van der Waals surface area contributed by atoms with Crippen LogP contribution < -0.4 is 4.40 Å². The first-order valence-electron chi connectivity index (χ1n) is 21.7. The van der Waals surface area contributed by atoms with Gasteiger partial charge in [-0.2, -0.15) is 0 Å². The van der Waals surface area contributed by atoms with Crippen molar-refractivity contribution >= 4 is 50.8 Å². The number of hydrogen-bond acceptors (Lipinski definition) is 4. The fourth-order valence-electron chi connectivity index (χ4n) is 8.39. The van der Waals surface area contributed by atoms with Gasteiger partial charge in [-0.05, 0) is 82.8 Å². The number of nitrogens with zero attached hydrogens (tertiary/aromatic N) is 4. The molecule has 0 atom stereocenters. The minimum atomic E-state index is -1.86. The number of pyridine rings is 2. The number of rotatable bonds is 9. The topological polar surface area (TPSA) is 56.7 Å². The number of para-hydroxylation sites is 2. The van der Waals surface area contributed by atoms with Crippen LogP contribution >= 0.6 is 0 Å². The van der Waals surface area contributed by atoms with Crippen LogP contribution in [0.2, 0.25) is 17.3 Å². The third kappa shape index (κ3) is 9.15. The summed E-state index contributed by atoms with van der Waals surface area (Å²) in [6.07, 6.45) is 3.27. The monoisotopic (exact) mass is 1060 g/mol. The summed E-state index contributed by atoms with van der Waals surface area (Å²) in [5.74, 6) is 9.40. The fourth-order valence-corrected chi connectivity index (χ4v) is 11.7. The summed E-state index contributed by atoms with van der Waals surface area (Å²) in [4.78, 5) is 14.7. The number of aromatic nitrogens is 4. The first kappa shape index (κ1) is 44.9. The van der Waals surface area contributed by atoms with Gasteiger partial charge < -0.3 is 8.98 Å². The van der Waals surface area contributed by atoms with Crippen molar-refractivity contribution in [3.8, 4) is 39.5 Å². The smallest absolute Gasteiger partial charge is 0.139 e. The minimum absolute atomic E-state index is 0. The molecular weight excluding hydrogens is 997 g/mol. The Morgan fingerprint density at radius 2 is 1.40 bits per heavy atom. The fraction of sp³-hybridized carbons (Fsp3) is 0.255. The van der Waals surface area contributed by atoms with Crippen LogP contribution in [-0.4, -0.2) is 32.8 Å². The molecule has 9 rings (SSSR count). The molecular formula is C55H56GeIrN4O-2. The normalized spacial score (nSPS) is 11.8. The first-order valence-corrected chi connectivity index (χ1v) is 29.0. The molecule has 0 saturated carbocycles. The summed E-state index contributed by atoms with van der Waals surface area (Å²) >= 11 is -1.86. The Hall–Kier alpha value is -5.14. The SMILES string of the molecule is CC(C)Cc1cc(-c2[c-]cccc2)nc[c]1[Ge]([CH3])([CH3])[CH3].Cc1ccc2oc3c(-c4nc5ccccc5n4-c4c(C(C)C)cc(-c5ccccc5)cc4C(C)C)[c-]ccc3c2n1.[Ir]. The molecule has 0 amide bonds. The maximum atomic E-state index is 6.47. The Kier molecular flexibility index (Phi) is 13.5.